The zero-order valence-electron chi connectivity index (χ0n) is 19.6. The molecular formula is C31H26O4. The van der Waals surface area contributed by atoms with Crippen LogP contribution in [-0.4, -0.2) is 5.97 Å². The fourth-order valence-electron chi connectivity index (χ4n) is 4.21. The highest BCUT2D eigenvalue weighted by atomic mass is 16.5. The van der Waals surface area contributed by atoms with Crippen molar-refractivity contribution in [1.29, 1.82) is 0 Å². The van der Waals surface area contributed by atoms with Crippen molar-refractivity contribution in [1.82, 2.24) is 0 Å². The number of hydrogen-bond donors (Lipinski definition) is 0. The van der Waals surface area contributed by atoms with Crippen LogP contribution in [0, 0.1) is 0 Å². The molecule has 4 aromatic rings. The number of hydrogen-bond acceptors (Lipinski definition) is 4. The lowest BCUT2D eigenvalue weighted by atomic mass is 10.0. The van der Waals surface area contributed by atoms with Crippen LogP contribution in [0.4, 0.5) is 0 Å². The summed E-state index contributed by atoms with van der Waals surface area (Å²) in [6, 6.07) is 27.8. The van der Waals surface area contributed by atoms with Crippen molar-refractivity contribution in [2.24, 2.45) is 0 Å². The molecule has 0 fully saturated rings. The molecule has 4 heteroatoms. The highest BCUT2D eigenvalue weighted by Crippen LogP contribution is 2.35. The summed E-state index contributed by atoms with van der Waals surface area (Å²) in [7, 11) is 0. The van der Waals surface area contributed by atoms with Gasteiger partial charge in [0.2, 0.25) is 0 Å². The standard InChI is InChI=1S/C31H26O4/c1-21-16-22(2)35-30-18-27(14-15-28(21)30)33-19-24-12-10-23(11-13-24)17-31(32)34-20-26-8-5-7-25-6-3-4-9-29(25)26/h3-16,18H,2,17,19-20H2,1H3. The Hall–Kier alpha value is -4.31. The van der Waals surface area contributed by atoms with Gasteiger partial charge in [0, 0.05) is 11.6 Å². The summed E-state index contributed by atoms with van der Waals surface area (Å²) >= 11 is 0. The van der Waals surface area contributed by atoms with Gasteiger partial charge in [0.25, 0.3) is 0 Å². The van der Waals surface area contributed by atoms with Crippen LogP contribution in [0.15, 0.2) is 103 Å². The van der Waals surface area contributed by atoms with Gasteiger partial charge in [-0.15, -0.1) is 0 Å². The summed E-state index contributed by atoms with van der Waals surface area (Å²) in [6.45, 7) is 6.60. The van der Waals surface area contributed by atoms with Crippen LogP contribution in [0.2, 0.25) is 0 Å². The summed E-state index contributed by atoms with van der Waals surface area (Å²) < 4.78 is 17.2. The Kier molecular flexibility index (Phi) is 6.36. The van der Waals surface area contributed by atoms with Gasteiger partial charge in [-0.2, -0.15) is 0 Å². The molecule has 0 saturated heterocycles. The molecule has 1 aliphatic heterocycles. The van der Waals surface area contributed by atoms with E-state index in [1.807, 2.05) is 85.8 Å². The van der Waals surface area contributed by atoms with Gasteiger partial charge in [-0.25, -0.2) is 0 Å². The molecule has 0 N–H and O–H groups in total. The number of rotatable bonds is 7. The lowest BCUT2D eigenvalue weighted by Gasteiger charge is -2.18. The first kappa shape index (κ1) is 22.5. The second kappa shape index (κ2) is 9.90. The summed E-state index contributed by atoms with van der Waals surface area (Å²) in [4.78, 5) is 12.4. The SMILES string of the molecule is C=C1C=C(C)c2ccc(OCc3ccc(CC(=O)OCc4cccc5ccccc45)cc3)cc2O1. The summed E-state index contributed by atoms with van der Waals surface area (Å²) in [6.07, 6.45) is 2.15. The minimum atomic E-state index is -0.248. The Morgan fingerprint density at radius 1 is 0.886 bits per heavy atom. The topological polar surface area (TPSA) is 44.8 Å². The third-order valence-corrected chi connectivity index (χ3v) is 6.04. The van der Waals surface area contributed by atoms with Crippen LogP contribution in [0.5, 0.6) is 11.5 Å². The molecule has 0 radical (unpaired) electrons. The average molecular weight is 463 g/mol. The quantitative estimate of drug-likeness (QED) is 0.277. The summed E-state index contributed by atoms with van der Waals surface area (Å²) in [5, 5.41) is 2.24. The van der Waals surface area contributed by atoms with Crippen LogP contribution in [-0.2, 0) is 29.2 Å². The zero-order valence-corrected chi connectivity index (χ0v) is 19.6. The maximum Gasteiger partial charge on any atom is 0.310 e. The molecule has 1 heterocycles. The van der Waals surface area contributed by atoms with Crippen LogP contribution in [0.3, 0.4) is 0 Å². The van der Waals surface area contributed by atoms with Crippen molar-refractivity contribution >= 4 is 22.3 Å². The van der Waals surface area contributed by atoms with E-state index in [-0.39, 0.29) is 19.0 Å². The number of carbonyl (C=O) groups excluding carboxylic acids is 1. The highest BCUT2D eigenvalue weighted by Gasteiger charge is 2.14. The Labute approximate surface area is 205 Å². The van der Waals surface area contributed by atoms with Crippen molar-refractivity contribution in [3.05, 3.63) is 126 Å². The Morgan fingerprint density at radius 2 is 1.66 bits per heavy atom. The number of allylic oxidation sites excluding steroid dienone is 2. The van der Waals surface area contributed by atoms with Gasteiger partial charge in [-0.3, -0.25) is 4.79 Å². The molecule has 0 saturated carbocycles. The van der Waals surface area contributed by atoms with Gasteiger partial charge in [0.1, 0.15) is 30.5 Å². The van der Waals surface area contributed by atoms with E-state index in [0.29, 0.717) is 12.4 Å². The molecule has 174 valence electrons. The van der Waals surface area contributed by atoms with Crippen LogP contribution in [0.25, 0.3) is 16.3 Å². The third kappa shape index (κ3) is 5.28. The van der Waals surface area contributed by atoms with E-state index in [0.717, 1.165) is 50.1 Å². The van der Waals surface area contributed by atoms with Gasteiger partial charge in [0.15, 0.2) is 0 Å². The van der Waals surface area contributed by atoms with Gasteiger partial charge in [-0.05, 0) is 58.2 Å². The Bertz CT molecular complexity index is 1430. The molecule has 5 rings (SSSR count). The normalized spacial score (nSPS) is 12.5. The molecule has 4 nitrogen and oxygen atoms in total. The molecule has 4 aromatic carbocycles. The molecule has 1 aliphatic rings. The first-order chi connectivity index (χ1) is 17.0. The maximum atomic E-state index is 12.4. The van der Waals surface area contributed by atoms with E-state index in [1.165, 1.54) is 0 Å². The van der Waals surface area contributed by atoms with E-state index in [9.17, 15) is 4.79 Å². The molecule has 0 spiro atoms. The second-order valence-corrected chi connectivity index (χ2v) is 8.63. The van der Waals surface area contributed by atoms with E-state index >= 15 is 0 Å². The van der Waals surface area contributed by atoms with E-state index in [4.69, 9.17) is 14.2 Å². The van der Waals surface area contributed by atoms with E-state index < -0.39 is 0 Å². The van der Waals surface area contributed by atoms with Gasteiger partial charge in [0.05, 0.1) is 6.42 Å². The molecular weight excluding hydrogens is 436 g/mol. The largest absolute Gasteiger partial charge is 0.489 e. The number of carbonyl (C=O) groups is 1. The van der Waals surface area contributed by atoms with Crippen molar-refractivity contribution in [2.75, 3.05) is 0 Å². The highest BCUT2D eigenvalue weighted by molar-refractivity contribution is 5.85. The molecule has 35 heavy (non-hydrogen) atoms. The fraction of sp³-hybridized carbons (Fsp3) is 0.129. The van der Waals surface area contributed by atoms with Crippen LogP contribution < -0.4 is 9.47 Å². The molecule has 0 amide bonds. The Balaban J connectivity index is 1.14. The molecule has 0 aliphatic carbocycles. The van der Waals surface area contributed by atoms with E-state index in [1.54, 1.807) is 0 Å². The van der Waals surface area contributed by atoms with Gasteiger partial charge in [-0.1, -0.05) is 73.3 Å². The molecule has 0 unspecified atom stereocenters. The fourth-order valence-corrected chi connectivity index (χ4v) is 4.21. The van der Waals surface area contributed by atoms with Gasteiger partial charge < -0.3 is 14.2 Å². The minimum absolute atomic E-state index is 0.227. The monoisotopic (exact) mass is 462 g/mol. The summed E-state index contributed by atoms with van der Waals surface area (Å²) in [5.41, 5.74) is 5.08. The maximum absolute atomic E-state index is 12.4. The third-order valence-electron chi connectivity index (χ3n) is 6.04. The lowest BCUT2D eigenvalue weighted by molar-refractivity contribution is -0.144. The zero-order chi connectivity index (χ0) is 24.2. The molecule has 0 bridgehead atoms. The summed E-state index contributed by atoms with van der Waals surface area (Å²) in [5.74, 6) is 1.86. The van der Waals surface area contributed by atoms with Crippen molar-refractivity contribution in [3.8, 4) is 11.5 Å². The smallest absolute Gasteiger partial charge is 0.310 e. The van der Waals surface area contributed by atoms with Crippen molar-refractivity contribution in [3.63, 3.8) is 0 Å². The van der Waals surface area contributed by atoms with Crippen LogP contribution >= 0.6 is 0 Å². The first-order valence-corrected chi connectivity index (χ1v) is 11.6. The lowest BCUT2D eigenvalue weighted by Crippen LogP contribution is -2.08. The average Bonchev–Trinajstić information content (AvgIpc) is 2.86. The first-order valence-electron chi connectivity index (χ1n) is 11.6. The number of esters is 1. The van der Waals surface area contributed by atoms with Crippen molar-refractivity contribution < 1.29 is 19.0 Å². The minimum Gasteiger partial charge on any atom is -0.489 e. The second-order valence-electron chi connectivity index (χ2n) is 8.63. The van der Waals surface area contributed by atoms with E-state index in [2.05, 4.69) is 18.7 Å². The predicted molar refractivity (Wildman–Crippen MR) is 138 cm³/mol. The van der Waals surface area contributed by atoms with Gasteiger partial charge >= 0.3 is 5.97 Å². The van der Waals surface area contributed by atoms with Crippen molar-refractivity contribution in [2.45, 2.75) is 26.6 Å². The van der Waals surface area contributed by atoms with Crippen LogP contribution in [0.1, 0.15) is 29.2 Å². The number of ether oxygens (including phenoxy) is 3. The molecule has 0 atom stereocenters. The number of fused-ring (bicyclic) bond motifs is 2. The predicted octanol–water partition coefficient (Wildman–Crippen LogP) is 7.01. The Morgan fingerprint density at radius 3 is 2.51 bits per heavy atom. The number of benzene rings is 4. The molecule has 0 aromatic heterocycles.